The molecule has 1 aliphatic rings. The lowest BCUT2D eigenvalue weighted by Gasteiger charge is -2.12. The van der Waals surface area contributed by atoms with Crippen LogP contribution in [0.3, 0.4) is 0 Å². The van der Waals surface area contributed by atoms with E-state index in [-0.39, 0.29) is 30.2 Å². The predicted molar refractivity (Wildman–Crippen MR) is 53.7 cm³/mol. The van der Waals surface area contributed by atoms with Crippen molar-refractivity contribution >= 4 is 11.8 Å². The van der Waals surface area contributed by atoms with Gasteiger partial charge in [-0.15, -0.1) is 0 Å². The zero-order chi connectivity index (χ0) is 11.3. The molecule has 2 unspecified atom stereocenters. The smallest absolute Gasteiger partial charge is 0.227 e. The first-order chi connectivity index (χ1) is 7.11. The second-order valence-electron chi connectivity index (χ2n) is 3.67. The van der Waals surface area contributed by atoms with Gasteiger partial charge in [0.05, 0.1) is 19.1 Å². The molecule has 0 radical (unpaired) electrons. The highest BCUT2D eigenvalue weighted by Gasteiger charge is 2.30. The maximum atomic E-state index is 11.5. The summed E-state index contributed by atoms with van der Waals surface area (Å²) in [5.74, 6) is -0.729. The summed E-state index contributed by atoms with van der Waals surface area (Å²) in [4.78, 5) is 21.9. The van der Waals surface area contributed by atoms with Crippen LogP contribution < -0.4 is 16.8 Å². The van der Waals surface area contributed by atoms with E-state index < -0.39 is 0 Å². The van der Waals surface area contributed by atoms with Gasteiger partial charge in [-0.25, -0.2) is 0 Å². The third-order valence-electron chi connectivity index (χ3n) is 2.36. The van der Waals surface area contributed by atoms with E-state index in [9.17, 15) is 9.59 Å². The van der Waals surface area contributed by atoms with Crippen molar-refractivity contribution in [1.82, 2.24) is 5.32 Å². The van der Waals surface area contributed by atoms with Crippen LogP contribution in [-0.2, 0) is 14.3 Å². The first kappa shape index (κ1) is 11.9. The fourth-order valence-electron chi connectivity index (χ4n) is 1.45. The summed E-state index contributed by atoms with van der Waals surface area (Å²) < 4.78 is 5.08. The molecular formula is C9H17N3O3. The molecule has 6 nitrogen and oxygen atoms in total. The molecule has 15 heavy (non-hydrogen) atoms. The molecule has 0 bridgehead atoms. The summed E-state index contributed by atoms with van der Waals surface area (Å²) in [5.41, 5.74) is 10.6. The van der Waals surface area contributed by atoms with Gasteiger partial charge in [0.25, 0.3) is 0 Å². The van der Waals surface area contributed by atoms with E-state index in [1.165, 1.54) is 0 Å². The van der Waals surface area contributed by atoms with Crippen LogP contribution in [0.2, 0.25) is 0 Å². The summed E-state index contributed by atoms with van der Waals surface area (Å²) in [6.07, 6.45) is 0.845. The van der Waals surface area contributed by atoms with Gasteiger partial charge in [0, 0.05) is 19.0 Å². The zero-order valence-electron chi connectivity index (χ0n) is 8.57. The van der Waals surface area contributed by atoms with Gasteiger partial charge in [0.2, 0.25) is 11.8 Å². The lowest BCUT2D eigenvalue weighted by atomic mass is 10.0. The van der Waals surface area contributed by atoms with Crippen LogP contribution in [0.5, 0.6) is 0 Å². The molecule has 1 rings (SSSR count). The van der Waals surface area contributed by atoms with Crippen LogP contribution >= 0.6 is 0 Å². The van der Waals surface area contributed by atoms with Gasteiger partial charge in [-0.1, -0.05) is 0 Å². The minimum Gasteiger partial charge on any atom is -0.379 e. The van der Waals surface area contributed by atoms with Crippen molar-refractivity contribution in [1.29, 1.82) is 0 Å². The second-order valence-corrected chi connectivity index (χ2v) is 3.67. The van der Waals surface area contributed by atoms with Gasteiger partial charge in [0.1, 0.15) is 0 Å². The quantitative estimate of drug-likeness (QED) is 0.477. The summed E-state index contributed by atoms with van der Waals surface area (Å²) in [6, 6.07) is -0.221. The SMILES string of the molecule is NC(=O)CCCNC(=O)C1COCC1N. The Morgan fingerprint density at radius 3 is 2.67 bits per heavy atom. The minimum absolute atomic E-state index is 0.107. The standard InChI is InChI=1S/C9H17N3O3/c10-7-5-15-4-6(7)9(14)12-3-1-2-8(11)13/h6-7H,1-5,10H2,(H2,11,13)(H,12,14). The Balaban J connectivity index is 2.15. The molecule has 86 valence electrons. The third kappa shape index (κ3) is 3.85. The van der Waals surface area contributed by atoms with E-state index in [2.05, 4.69) is 5.32 Å². The maximum absolute atomic E-state index is 11.5. The molecule has 0 aromatic heterocycles. The molecule has 1 heterocycles. The van der Waals surface area contributed by atoms with Crippen molar-refractivity contribution < 1.29 is 14.3 Å². The van der Waals surface area contributed by atoms with Gasteiger partial charge in [-0.2, -0.15) is 0 Å². The van der Waals surface area contributed by atoms with E-state index in [4.69, 9.17) is 16.2 Å². The maximum Gasteiger partial charge on any atom is 0.227 e. The minimum atomic E-state index is -0.356. The fourth-order valence-corrected chi connectivity index (χ4v) is 1.45. The van der Waals surface area contributed by atoms with Crippen molar-refractivity contribution in [2.24, 2.45) is 17.4 Å². The average molecular weight is 215 g/mol. The summed E-state index contributed by atoms with van der Waals surface area (Å²) in [7, 11) is 0. The predicted octanol–water partition coefficient (Wildman–Crippen LogP) is -1.66. The molecule has 1 fully saturated rings. The van der Waals surface area contributed by atoms with Crippen LogP contribution in [-0.4, -0.2) is 37.6 Å². The highest BCUT2D eigenvalue weighted by atomic mass is 16.5. The molecule has 0 aromatic carbocycles. The third-order valence-corrected chi connectivity index (χ3v) is 2.36. The van der Waals surface area contributed by atoms with Crippen LogP contribution in [0.15, 0.2) is 0 Å². The largest absolute Gasteiger partial charge is 0.379 e. The van der Waals surface area contributed by atoms with E-state index in [0.717, 1.165) is 0 Å². The lowest BCUT2D eigenvalue weighted by Crippen LogP contribution is -2.41. The van der Waals surface area contributed by atoms with Crippen molar-refractivity contribution in [2.75, 3.05) is 19.8 Å². The lowest BCUT2D eigenvalue weighted by molar-refractivity contribution is -0.125. The van der Waals surface area contributed by atoms with Crippen LogP contribution in [0.4, 0.5) is 0 Å². The number of amides is 2. The van der Waals surface area contributed by atoms with Gasteiger partial charge in [0.15, 0.2) is 0 Å². The number of nitrogens with two attached hydrogens (primary N) is 2. The number of hydrogen-bond acceptors (Lipinski definition) is 4. The molecule has 2 amide bonds. The van der Waals surface area contributed by atoms with Crippen molar-refractivity contribution in [3.05, 3.63) is 0 Å². The molecule has 0 spiro atoms. The number of carbonyl (C=O) groups is 2. The van der Waals surface area contributed by atoms with E-state index in [1.54, 1.807) is 0 Å². The number of nitrogens with one attached hydrogen (secondary N) is 1. The van der Waals surface area contributed by atoms with Crippen LogP contribution in [0, 0.1) is 5.92 Å². The highest BCUT2D eigenvalue weighted by Crippen LogP contribution is 2.11. The van der Waals surface area contributed by atoms with Crippen LogP contribution in [0.25, 0.3) is 0 Å². The van der Waals surface area contributed by atoms with Gasteiger partial charge < -0.3 is 21.5 Å². The Bertz CT molecular complexity index is 245. The molecule has 0 aromatic rings. The second kappa shape index (κ2) is 5.67. The average Bonchev–Trinajstić information content (AvgIpc) is 2.58. The Hall–Kier alpha value is -1.14. The Morgan fingerprint density at radius 2 is 2.13 bits per heavy atom. The molecule has 0 aliphatic carbocycles. The monoisotopic (exact) mass is 215 g/mol. The number of hydrogen-bond donors (Lipinski definition) is 3. The first-order valence-electron chi connectivity index (χ1n) is 5.00. The molecule has 6 heteroatoms. The number of ether oxygens (including phenoxy) is 1. The van der Waals surface area contributed by atoms with Crippen molar-refractivity contribution in [3.8, 4) is 0 Å². The molecule has 1 saturated heterocycles. The molecule has 2 atom stereocenters. The van der Waals surface area contributed by atoms with E-state index >= 15 is 0 Å². The Labute approximate surface area is 88.3 Å². The van der Waals surface area contributed by atoms with E-state index in [0.29, 0.717) is 26.2 Å². The van der Waals surface area contributed by atoms with Gasteiger partial charge in [-0.05, 0) is 6.42 Å². The molecule has 0 saturated carbocycles. The number of primary amides is 1. The summed E-state index contributed by atoms with van der Waals surface area (Å²) >= 11 is 0. The first-order valence-corrected chi connectivity index (χ1v) is 5.00. The molecule has 1 aliphatic heterocycles. The topological polar surface area (TPSA) is 107 Å². The normalized spacial score (nSPS) is 25.1. The highest BCUT2D eigenvalue weighted by molar-refractivity contribution is 5.80. The summed E-state index contributed by atoms with van der Waals surface area (Å²) in [6.45, 7) is 1.26. The number of carbonyl (C=O) groups excluding carboxylic acids is 2. The Kier molecular flexibility index (Phi) is 4.51. The zero-order valence-corrected chi connectivity index (χ0v) is 8.57. The number of rotatable bonds is 5. The van der Waals surface area contributed by atoms with Gasteiger partial charge in [-0.3, -0.25) is 9.59 Å². The van der Waals surface area contributed by atoms with Gasteiger partial charge >= 0.3 is 0 Å². The van der Waals surface area contributed by atoms with Crippen molar-refractivity contribution in [2.45, 2.75) is 18.9 Å². The Morgan fingerprint density at radius 1 is 1.40 bits per heavy atom. The summed E-state index contributed by atoms with van der Waals surface area (Å²) in [5, 5.41) is 2.70. The van der Waals surface area contributed by atoms with Crippen LogP contribution in [0.1, 0.15) is 12.8 Å². The van der Waals surface area contributed by atoms with E-state index in [1.807, 2.05) is 0 Å². The molecule has 5 N–H and O–H groups in total. The molecular weight excluding hydrogens is 198 g/mol. The fraction of sp³-hybridized carbons (Fsp3) is 0.778. The van der Waals surface area contributed by atoms with Crippen molar-refractivity contribution in [3.63, 3.8) is 0 Å².